The first kappa shape index (κ1) is 16.0. The number of nitrogens with two attached hydrogens (primary N) is 1. The van der Waals surface area contributed by atoms with Crippen LogP contribution in [0.15, 0.2) is 23.1 Å². The third-order valence-electron chi connectivity index (χ3n) is 3.99. The molecule has 1 aromatic carbocycles. The molecular weight excluding hydrogens is 288 g/mol. The standard InChI is InChI=1S/C15H22N2O3S/c1-3-17(13-6-4-5-7-13)15(18)12-8-11(2)9-14(10-12)21(16,19)20/h8-10,13H,3-7H2,1-2H3,(H2,16,19,20). The van der Waals surface area contributed by atoms with Gasteiger partial charge in [-0.2, -0.15) is 0 Å². The highest BCUT2D eigenvalue weighted by Crippen LogP contribution is 2.25. The Hall–Kier alpha value is -1.40. The number of rotatable bonds is 4. The SMILES string of the molecule is CCN(C(=O)c1cc(C)cc(S(N)(=O)=O)c1)C1CCCC1. The molecule has 0 spiro atoms. The second-order valence-corrected chi connectivity index (χ2v) is 7.17. The fourth-order valence-corrected chi connectivity index (χ4v) is 3.63. The Balaban J connectivity index is 2.35. The highest BCUT2D eigenvalue weighted by Gasteiger charge is 2.26. The zero-order valence-electron chi connectivity index (χ0n) is 12.5. The summed E-state index contributed by atoms with van der Waals surface area (Å²) < 4.78 is 23.0. The van der Waals surface area contributed by atoms with E-state index in [0.717, 1.165) is 25.7 Å². The van der Waals surface area contributed by atoms with Gasteiger partial charge in [0.2, 0.25) is 10.0 Å². The van der Waals surface area contributed by atoms with Crippen LogP contribution in [0.1, 0.15) is 48.5 Å². The number of nitrogens with zero attached hydrogens (tertiary/aromatic N) is 1. The second-order valence-electron chi connectivity index (χ2n) is 5.61. The average Bonchev–Trinajstić information content (AvgIpc) is 2.91. The van der Waals surface area contributed by atoms with E-state index in [9.17, 15) is 13.2 Å². The molecule has 0 bridgehead atoms. The minimum Gasteiger partial charge on any atom is -0.336 e. The number of amides is 1. The van der Waals surface area contributed by atoms with Crippen LogP contribution in [0.4, 0.5) is 0 Å². The van der Waals surface area contributed by atoms with Crippen molar-refractivity contribution in [2.45, 2.75) is 50.5 Å². The molecule has 0 aliphatic heterocycles. The van der Waals surface area contributed by atoms with E-state index in [0.29, 0.717) is 17.7 Å². The molecule has 0 heterocycles. The molecule has 21 heavy (non-hydrogen) atoms. The molecule has 1 aliphatic carbocycles. The van der Waals surface area contributed by atoms with E-state index in [1.807, 2.05) is 11.8 Å². The first-order chi connectivity index (χ1) is 9.82. The van der Waals surface area contributed by atoms with Crippen molar-refractivity contribution in [1.82, 2.24) is 4.90 Å². The van der Waals surface area contributed by atoms with Gasteiger partial charge >= 0.3 is 0 Å². The number of sulfonamides is 1. The third-order valence-corrected chi connectivity index (χ3v) is 4.89. The van der Waals surface area contributed by atoms with Crippen molar-refractivity contribution in [3.63, 3.8) is 0 Å². The zero-order valence-corrected chi connectivity index (χ0v) is 13.3. The Labute approximate surface area is 126 Å². The highest BCUT2D eigenvalue weighted by molar-refractivity contribution is 7.89. The quantitative estimate of drug-likeness (QED) is 0.924. The van der Waals surface area contributed by atoms with Crippen molar-refractivity contribution in [2.24, 2.45) is 5.14 Å². The van der Waals surface area contributed by atoms with Crippen molar-refractivity contribution < 1.29 is 13.2 Å². The van der Waals surface area contributed by atoms with Crippen LogP contribution < -0.4 is 5.14 Å². The molecule has 5 nitrogen and oxygen atoms in total. The summed E-state index contributed by atoms with van der Waals surface area (Å²) in [7, 11) is -3.80. The van der Waals surface area contributed by atoms with Crippen molar-refractivity contribution in [1.29, 1.82) is 0 Å². The molecule has 0 radical (unpaired) electrons. The molecular formula is C15H22N2O3S. The molecule has 0 saturated heterocycles. The van der Waals surface area contributed by atoms with Gasteiger partial charge in [0, 0.05) is 18.2 Å². The maximum Gasteiger partial charge on any atom is 0.254 e. The summed E-state index contributed by atoms with van der Waals surface area (Å²) in [4.78, 5) is 14.5. The third kappa shape index (κ3) is 3.63. The van der Waals surface area contributed by atoms with Gasteiger partial charge in [0.25, 0.3) is 5.91 Å². The van der Waals surface area contributed by atoms with Gasteiger partial charge in [0.15, 0.2) is 0 Å². The first-order valence-corrected chi connectivity index (χ1v) is 8.83. The van der Waals surface area contributed by atoms with E-state index in [1.165, 1.54) is 12.1 Å². The van der Waals surface area contributed by atoms with Crippen LogP contribution in [0, 0.1) is 6.92 Å². The van der Waals surface area contributed by atoms with Gasteiger partial charge in [-0.1, -0.05) is 12.8 Å². The normalized spacial score (nSPS) is 16.1. The van der Waals surface area contributed by atoms with E-state index >= 15 is 0 Å². The zero-order chi connectivity index (χ0) is 15.6. The van der Waals surface area contributed by atoms with Crippen LogP contribution in [0.2, 0.25) is 0 Å². The first-order valence-electron chi connectivity index (χ1n) is 7.28. The molecule has 1 aromatic rings. The van der Waals surface area contributed by atoms with Crippen LogP contribution >= 0.6 is 0 Å². The second kappa shape index (κ2) is 6.15. The number of hydrogen-bond acceptors (Lipinski definition) is 3. The van der Waals surface area contributed by atoms with E-state index in [-0.39, 0.29) is 16.8 Å². The fraction of sp³-hybridized carbons (Fsp3) is 0.533. The number of primary sulfonamides is 1. The molecule has 0 unspecified atom stereocenters. The molecule has 2 N–H and O–H groups in total. The molecule has 0 atom stereocenters. The molecule has 1 amide bonds. The summed E-state index contributed by atoms with van der Waals surface area (Å²) in [5.41, 5.74) is 1.11. The smallest absolute Gasteiger partial charge is 0.254 e. The summed E-state index contributed by atoms with van der Waals surface area (Å²) in [6.45, 7) is 4.34. The Kier molecular flexibility index (Phi) is 4.68. The van der Waals surface area contributed by atoms with E-state index in [1.54, 1.807) is 13.0 Å². The minimum atomic E-state index is -3.80. The Morgan fingerprint density at radius 2 is 1.90 bits per heavy atom. The van der Waals surface area contributed by atoms with E-state index in [2.05, 4.69) is 0 Å². The summed E-state index contributed by atoms with van der Waals surface area (Å²) >= 11 is 0. The predicted molar refractivity (Wildman–Crippen MR) is 81.5 cm³/mol. The topological polar surface area (TPSA) is 80.5 Å². The molecule has 2 rings (SSSR count). The van der Waals surface area contributed by atoms with Crippen molar-refractivity contribution >= 4 is 15.9 Å². The molecule has 1 saturated carbocycles. The summed E-state index contributed by atoms with van der Waals surface area (Å²) in [5, 5.41) is 5.17. The van der Waals surface area contributed by atoms with Crippen LogP contribution in [0.3, 0.4) is 0 Å². The molecule has 0 aromatic heterocycles. The van der Waals surface area contributed by atoms with Crippen LogP contribution in [-0.2, 0) is 10.0 Å². The number of benzene rings is 1. The maximum atomic E-state index is 12.7. The van der Waals surface area contributed by atoms with Crippen molar-refractivity contribution in [2.75, 3.05) is 6.54 Å². The summed E-state index contributed by atoms with van der Waals surface area (Å²) in [6.07, 6.45) is 4.33. The van der Waals surface area contributed by atoms with Gasteiger partial charge in [-0.3, -0.25) is 4.79 Å². The van der Waals surface area contributed by atoms with Gasteiger partial charge in [0.1, 0.15) is 0 Å². The minimum absolute atomic E-state index is 0.00618. The fourth-order valence-electron chi connectivity index (χ4n) is 2.99. The lowest BCUT2D eigenvalue weighted by molar-refractivity contribution is 0.0693. The van der Waals surface area contributed by atoms with E-state index < -0.39 is 10.0 Å². The lowest BCUT2D eigenvalue weighted by atomic mass is 10.1. The summed E-state index contributed by atoms with van der Waals surface area (Å²) in [5.74, 6) is -0.113. The Bertz CT molecular complexity index is 634. The van der Waals surface area contributed by atoms with Gasteiger partial charge in [-0.25, -0.2) is 13.6 Å². The van der Waals surface area contributed by atoms with Gasteiger partial charge in [0.05, 0.1) is 4.90 Å². The van der Waals surface area contributed by atoms with Gasteiger partial charge in [-0.05, 0) is 50.5 Å². The number of aryl methyl sites for hydroxylation is 1. The van der Waals surface area contributed by atoms with Crippen LogP contribution in [-0.4, -0.2) is 31.8 Å². The molecule has 1 aliphatic rings. The average molecular weight is 310 g/mol. The highest BCUT2D eigenvalue weighted by atomic mass is 32.2. The summed E-state index contributed by atoms with van der Waals surface area (Å²) in [6, 6.07) is 4.84. The van der Waals surface area contributed by atoms with Crippen LogP contribution in [0.25, 0.3) is 0 Å². The van der Waals surface area contributed by atoms with E-state index in [4.69, 9.17) is 5.14 Å². The lowest BCUT2D eigenvalue weighted by Gasteiger charge is -2.28. The Morgan fingerprint density at radius 3 is 2.43 bits per heavy atom. The molecule has 1 fully saturated rings. The number of carbonyl (C=O) groups excluding carboxylic acids is 1. The molecule has 6 heteroatoms. The van der Waals surface area contributed by atoms with Gasteiger partial charge < -0.3 is 4.90 Å². The van der Waals surface area contributed by atoms with Crippen LogP contribution in [0.5, 0.6) is 0 Å². The molecule has 116 valence electrons. The Morgan fingerprint density at radius 1 is 1.29 bits per heavy atom. The maximum absolute atomic E-state index is 12.7. The van der Waals surface area contributed by atoms with Crippen molar-refractivity contribution in [3.8, 4) is 0 Å². The predicted octanol–water partition coefficient (Wildman–Crippen LogP) is 2.05. The monoisotopic (exact) mass is 310 g/mol. The number of hydrogen-bond donors (Lipinski definition) is 1. The lowest BCUT2D eigenvalue weighted by Crippen LogP contribution is -2.38. The largest absolute Gasteiger partial charge is 0.336 e. The number of carbonyl (C=O) groups is 1. The van der Waals surface area contributed by atoms with Gasteiger partial charge in [-0.15, -0.1) is 0 Å². The van der Waals surface area contributed by atoms with Crippen molar-refractivity contribution in [3.05, 3.63) is 29.3 Å².